The lowest BCUT2D eigenvalue weighted by molar-refractivity contribution is -0.143. The number of hydrogen-bond donors (Lipinski definition) is 0. The van der Waals surface area contributed by atoms with E-state index in [0.717, 1.165) is 41.0 Å². The third-order valence-corrected chi connectivity index (χ3v) is 8.22. The second-order valence-electron chi connectivity index (χ2n) is 9.38. The van der Waals surface area contributed by atoms with Gasteiger partial charge in [-0.15, -0.1) is 0 Å². The first-order valence-corrected chi connectivity index (χ1v) is 15.9. The normalized spacial score (nSPS) is 16.8. The fourth-order valence-corrected chi connectivity index (χ4v) is 5.76. The molecule has 1 aliphatic rings. The molecule has 4 rings (SSSR count). The number of aromatic nitrogens is 1. The molecule has 0 radical (unpaired) electrons. The number of carbonyl (C=O) groups is 1. The predicted molar refractivity (Wildman–Crippen MR) is 148 cm³/mol. The molecule has 0 bridgehead atoms. The van der Waals surface area contributed by atoms with E-state index in [1.54, 1.807) is 6.07 Å². The molecule has 222 valence electrons. The van der Waals surface area contributed by atoms with Crippen LogP contribution in [0.15, 0.2) is 77.9 Å². The molecular formula is C28H25F3N2O7S2. The molecule has 2 atom stereocenters. The van der Waals surface area contributed by atoms with Crippen molar-refractivity contribution >= 4 is 25.6 Å². The molecular weight excluding hydrogens is 597 g/mol. The van der Waals surface area contributed by atoms with Gasteiger partial charge in [-0.2, -0.15) is 0 Å². The number of pyridine rings is 1. The number of sulfone groups is 2. The van der Waals surface area contributed by atoms with Crippen LogP contribution < -0.4 is 4.74 Å². The van der Waals surface area contributed by atoms with Gasteiger partial charge in [0.05, 0.1) is 30.6 Å². The molecule has 0 fully saturated rings. The fourth-order valence-electron chi connectivity index (χ4n) is 4.19. The summed E-state index contributed by atoms with van der Waals surface area (Å²) in [5.41, 5.74) is 0.521. The quantitative estimate of drug-likeness (QED) is 0.310. The smallest absolute Gasteiger partial charge is 0.269 e. The summed E-state index contributed by atoms with van der Waals surface area (Å²) >= 11 is 0. The SMILES string of the molecule is COc1cc(CN(C(=O)C(O/C=C/S(C)(=O)=O)c2ccc(-c3ccc(F)c(F)c3)cc2F)[C@@H]2C=CS(=O)(=O)C2)ccn1. The van der Waals surface area contributed by atoms with Gasteiger partial charge in [0.2, 0.25) is 12.0 Å². The predicted octanol–water partition coefficient (Wildman–Crippen LogP) is 4.09. The highest BCUT2D eigenvalue weighted by Gasteiger charge is 2.36. The molecule has 14 heteroatoms. The van der Waals surface area contributed by atoms with Crippen molar-refractivity contribution < 1.29 is 44.3 Å². The van der Waals surface area contributed by atoms with E-state index in [2.05, 4.69) is 4.98 Å². The molecule has 0 saturated carbocycles. The first kappa shape index (κ1) is 30.8. The average Bonchev–Trinajstić information content (AvgIpc) is 3.30. The highest BCUT2D eigenvalue weighted by molar-refractivity contribution is 7.94. The molecule has 0 saturated heterocycles. The molecule has 0 aliphatic carbocycles. The van der Waals surface area contributed by atoms with E-state index in [1.165, 1.54) is 43.6 Å². The molecule has 0 N–H and O–H groups in total. The number of benzene rings is 2. The van der Waals surface area contributed by atoms with Crippen LogP contribution in [0.4, 0.5) is 13.2 Å². The monoisotopic (exact) mass is 622 g/mol. The highest BCUT2D eigenvalue weighted by Crippen LogP contribution is 2.31. The topological polar surface area (TPSA) is 120 Å². The van der Waals surface area contributed by atoms with Crippen molar-refractivity contribution in [2.24, 2.45) is 0 Å². The average molecular weight is 623 g/mol. The Morgan fingerprint density at radius 3 is 2.36 bits per heavy atom. The summed E-state index contributed by atoms with van der Waals surface area (Å²) in [5, 5.41) is 1.65. The van der Waals surface area contributed by atoms with Gasteiger partial charge in [-0.25, -0.2) is 35.0 Å². The molecule has 1 amide bonds. The van der Waals surface area contributed by atoms with Crippen molar-refractivity contribution in [2.45, 2.75) is 18.7 Å². The number of rotatable bonds is 10. The van der Waals surface area contributed by atoms with Crippen molar-refractivity contribution in [2.75, 3.05) is 19.1 Å². The number of methoxy groups -OCH3 is 1. The maximum atomic E-state index is 15.6. The number of carbonyl (C=O) groups excluding carboxylic acids is 1. The van der Waals surface area contributed by atoms with Crippen LogP contribution >= 0.6 is 0 Å². The van der Waals surface area contributed by atoms with Gasteiger partial charge in [-0.05, 0) is 47.0 Å². The van der Waals surface area contributed by atoms with Gasteiger partial charge in [0.25, 0.3) is 5.91 Å². The minimum Gasteiger partial charge on any atom is -0.483 e. The third kappa shape index (κ3) is 7.56. The van der Waals surface area contributed by atoms with Crippen LogP contribution in [0.2, 0.25) is 0 Å². The Balaban J connectivity index is 1.76. The molecule has 42 heavy (non-hydrogen) atoms. The zero-order valence-electron chi connectivity index (χ0n) is 22.3. The maximum absolute atomic E-state index is 15.6. The lowest BCUT2D eigenvalue weighted by Gasteiger charge is -2.31. The number of hydrogen-bond acceptors (Lipinski definition) is 8. The molecule has 1 aliphatic heterocycles. The molecule has 1 aromatic heterocycles. The number of halogens is 3. The van der Waals surface area contributed by atoms with E-state index in [9.17, 15) is 30.4 Å². The summed E-state index contributed by atoms with van der Waals surface area (Å²) in [5.74, 6) is -4.27. The summed E-state index contributed by atoms with van der Waals surface area (Å²) in [7, 11) is -5.94. The minimum absolute atomic E-state index is 0.160. The first-order chi connectivity index (χ1) is 19.8. The summed E-state index contributed by atoms with van der Waals surface area (Å²) in [6.07, 6.45) is 2.60. The standard InChI is InChI=1S/C28H25F3N2O7S2/c1-39-26-13-18(7-9-32-26)16-33(21-8-11-42(37,38)17-21)28(34)27(40-10-12-41(2,35)36)22-5-3-19(14-24(22)30)20-4-6-23(29)25(31)15-20/h3-15,21,27H,16-17H2,1-2H3/b12-10+/t21-,27?/m1/s1. The van der Waals surface area contributed by atoms with Crippen molar-refractivity contribution in [1.29, 1.82) is 0 Å². The van der Waals surface area contributed by atoms with E-state index in [0.29, 0.717) is 11.0 Å². The van der Waals surface area contributed by atoms with Crippen LogP contribution in [0.5, 0.6) is 5.88 Å². The molecule has 3 aromatic rings. The fraction of sp³-hybridized carbons (Fsp3) is 0.214. The summed E-state index contributed by atoms with van der Waals surface area (Å²) < 4.78 is 101. The van der Waals surface area contributed by atoms with Gasteiger partial charge in [0, 0.05) is 36.0 Å². The van der Waals surface area contributed by atoms with Gasteiger partial charge >= 0.3 is 0 Å². The Morgan fingerprint density at radius 2 is 1.76 bits per heavy atom. The van der Waals surface area contributed by atoms with Crippen LogP contribution in [0.3, 0.4) is 0 Å². The second-order valence-corrected chi connectivity index (χ2v) is 13.2. The van der Waals surface area contributed by atoms with Crippen LogP contribution in [-0.4, -0.2) is 57.8 Å². The zero-order valence-corrected chi connectivity index (χ0v) is 23.9. The van der Waals surface area contributed by atoms with Crippen molar-refractivity contribution in [1.82, 2.24) is 9.88 Å². The Hall–Kier alpha value is -4.17. The van der Waals surface area contributed by atoms with Crippen LogP contribution in [0.25, 0.3) is 11.1 Å². The molecule has 2 aromatic carbocycles. The van der Waals surface area contributed by atoms with E-state index in [1.807, 2.05) is 0 Å². The molecule has 1 unspecified atom stereocenters. The van der Waals surface area contributed by atoms with E-state index in [4.69, 9.17) is 9.47 Å². The van der Waals surface area contributed by atoms with Crippen molar-refractivity contribution in [3.63, 3.8) is 0 Å². The molecule has 9 nitrogen and oxygen atoms in total. The summed E-state index contributed by atoms with van der Waals surface area (Å²) in [6, 6.07) is 8.70. The van der Waals surface area contributed by atoms with Gasteiger partial charge in [0.15, 0.2) is 31.3 Å². The number of nitrogens with zero attached hydrogens (tertiary/aromatic N) is 2. The number of ether oxygens (including phenoxy) is 2. The largest absolute Gasteiger partial charge is 0.483 e. The van der Waals surface area contributed by atoms with Crippen LogP contribution in [0.1, 0.15) is 17.2 Å². The maximum Gasteiger partial charge on any atom is 0.269 e. The van der Waals surface area contributed by atoms with Crippen LogP contribution in [-0.2, 0) is 35.8 Å². The van der Waals surface area contributed by atoms with Crippen molar-refractivity contribution in [3.8, 4) is 17.0 Å². The van der Waals surface area contributed by atoms with E-state index < -0.39 is 60.9 Å². The molecule has 2 heterocycles. The molecule has 0 spiro atoms. The highest BCUT2D eigenvalue weighted by atomic mass is 32.2. The number of amides is 1. The van der Waals surface area contributed by atoms with Crippen molar-refractivity contribution in [3.05, 3.63) is 106 Å². The first-order valence-electron chi connectivity index (χ1n) is 12.2. The third-order valence-electron chi connectivity index (χ3n) is 6.23. The Bertz CT molecular complexity index is 1780. The van der Waals surface area contributed by atoms with Crippen LogP contribution in [0, 0.1) is 17.5 Å². The lowest BCUT2D eigenvalue weighted by atomic mass is 9.99. The summed E-state index contributed by atoms with van der Waals surface area (Å²) in [4.78, 5) is 19.2. The van der Waals surface area contributed by atoms with E-state index in [-0.39, 0.29) is 29.1 Å². The van der Waals surface area contributed by atoms with Gasteiger partial charge < -0.3 is 14.4 Å². The van der Waals surface area contributed by atoms with Gasteiger partial charge in [-0.3, -0.25) is 4.79 Å². The summed E-state index contributed by atoms with van der Waals surface area (Å²) in [6.45, 7) is -0.160. The lowest BCUT2D eigenvalue weighted by Crippen LogP contribution is -2.43. The minimum atomic E-state index is -3.70. The van der Waals surface area contributed by atoms with Gasteiger partial charge in [-0.1, -0.05) is 18.2 Å². The Kier molecular flexibility index (Phi) is 9.06. The zero-order chi connectivity index (χ0) is 30.7. The Morgan fingerprint density at radius 1 is 1.07 bits per heavy atom. The second kappa shape index (κ2) is 12.4. The Labute approximate surface area is 240 Å². The van der Waals surface area contributed by atoms with Gasteiger partial charge in [0.1, 0.15) is 5.82 Å². The van der Waals surface area contributed by atoms with E-state index >= 15 is 4.39 Å².